The highest BCUT2D eigenvalue weighted by Crippen LogP contribution is 2.12. The molecule has 1 heterocycles. The van der Waals surface area contributed by atoms with Gasteiger partial charge in [-0.3, -0.25) is 4.79 Å². The highest BCUT2D eigenvalue weighted by molar-refractivity contribution is 5.76. The van der Waals surface area contributed by atoms with Crippen LogP contribution in [0.5, 0.6) is 0 Å². The number of anilines is 2. The Kier molecular flexibility index (Phi) is 5.19. The van der Waals surface area contributed by atoms with E-state index in [2.05, 4.69) is 20.6 Å². The molecule has 0 saturated carbocycles. The number of hydrogen-bond acceptors (Lipinski definition) is 5. The Labute approximate surface area is 101 Å². The van der Waals surface area contributed by atoms with Gasteiger partial charge in [-0.15, -0.1) is 0 Å². The molecule has 0 aliphatic heterocycles. The van der Waals surface area contributed by atoms with Gasteiger partial charge in [0.1, 0.15) is 18.0 Å². The number of amides is 1. The summed E-state index contributed by atoms with van der Waals surface area (Å²) in [4.78, 5) is 21.3. The molecule has 94 valence electrons. The molecule has 17 heavy (non-hydrogen) atoms. The topological polar surface area (TPSA) is 70.2 Å². The van der Waals surface area contributed by atoms with Gasteiger partial charge in [0.25, 0.3) is 0 Å². The van der Waals surface area contributed by atoms with Crippen molar-refractivity contribution in [1.82, 2.24) is 15.3 Å². The van der Waals surface area contributed by atoms with E-state index in [4.69, 9.17) is 0 Å². The normalized spacial score (nSPS) is 9.82. The molecule has 6 heteroatoms. The minimum Gasteiger partial charge on any atom is -0.370 e. The Morgan fingerprint density at radius 1 is 1.47 bits per heavy atom. The maximum atomic E-state index is 11.1. The molecule has 1 aromatic heterocycles. The summed E-state index contributed by atoms with van der Waals surface area (Å²) in [5, 5.41) is 5.71. The predicted octanol–water partition coefficient (Wildman–Crippen LogP) is 0.481. The molecule has 0 aromatic carbocycles. The van der Waals surface area contributed by atoms with E-state index in [1.807, 2.05) is 24.9 Å². The third kappa shape index (κ3) is 4.26. The van der Waals surface area contributed by atoms with Gasteiger partial charge in [0, 0.05) is 39.7 Å². The first-order valence-corrected chi connectivity index (χ1v) is 5.65. The Bertz CT molecular complexity index is 369. The summed E-state index contributed by atoms with van der Waals surface area (Å²) in [6, 6.07) is 1.87. The van der Waals surface area contributed by atoms with Crippen molar-refractivity contribution >= 4 is 17.5 Å². The van der Waals surface area contributed by atoms with Crippen molar-refractivity contribution in [2.75, 3.05) is 37.4 Å². The SMILES string of the molecule is CCNc1cc(N(C)CCC(=O)NC)ncn1. The molecule has 2 N–H and O–H groups in total. The second-order valence-corrected chi connectivity index (χ2v) is 3.64. The fourth-order valence-electron chi connectivity index (χ4n) is 1.34. The molecule has 1 rings (SSSR count). The molecular weight excluding hydrogens is 218 g/mol. The molecule has 0 fully saturated rings. The molecule has 0 bridgehead atoms. The molecule has 1 amide bonds. The van der Waals surface area contributed by atoms with Gasteiger partial charge in [0.15, 0.2) is 0 Å². The van der Waals surface area contributed by atoms with Crippen molar-refractivity contribution in [2.24, 2.45) is 0 Å². The Morgan fingerprint density at radius 2 is 2.24 bits per heavy atom. The van der Waals surface area contributed by atoms with Gasteiger partial charge >= 0.3 is 0 Å². The zero-order chi connectivity index (χ0) is 12.7. The highest BCUT2D eigenvalue weighted by Gasteiger charge is 2.06. The number of carbonyl (C=O) groups is 1. The van der Waals surface area contributed by atoms with E-state index in [0.717, 1.165) is 18.2 Å². The molecule has 0 aliphatic rings. The monoisotopic (exact) mass is 237 g/mol. The molecule has 0 aliphatic carbocycles. The predicted molar refractivity (Wildman–Crippen MR) is 68.1 cm³/mol. The maximum Gasteiger partial charge on any atom is 0.221 e. The van der Waals surface area contributed by atoms with Crippen LogP contribution >= 0.6 is 0 Å². The number of hydrogen-bond donors (Lipinski definition) is 2. The van der Waals surface area contributed by atoms with E-state index in [-0.39, 0.29) is 5.91 Å². The third-order valence-electron chi connectivity index (χ3n) is 2.35. The summed E-state index contributed by atoms with van der Waals surface area (Å²) in [5.41, 5.74) is 0. The number of rotatable bonds is 6. The van der Waals surface area contributed by atoms with Crippen LogP contribution in [0.3, 0.4) is 0 Å². The number of carbonyl (C=O) groups excluding carboxylic acids is 1. The van der Waals surface area contributed by atoms with Crippen LogP contribution in [0.2, 0.25) is 0 Å². The molecule has 0 saturated heterocycles. The van der Waals surface area contributed by atoms with Gasteiger partial charge in [-0.2, -0.15) is 0 Å². The van der Waals surface area contributed by atoms with Crippen molar-refractivity contribution < 1.29 is 4.79 Å². The highest BCUT2D eigenvalue weighted by atomic mass is 16.1. The van der Waals surface area contributed by atoms with Gasteiger partial charge in [-0.1, -0.05) is 0 Å². The third-order valence-corrected chi connectivity index (χ3v) is 2.35. The lowest BCUT2D eigenvalue weighted by Crippen LogP contribution is -2.26. The van der Waals surface area contributed by atoms with E-state index in [9.17, 15) is 4.79 Å². The average molecular weight is 237 g/mol. The first-order valence-electron chi connectivity index (χ1n) is 5.65. The second kappa shape index (κ2) is 6.67. The lowest BCUT2D eigenvalue weighted by Gasteiger charge is -2.17. The standard InChI is InChI=1S/C11H19N5O/c1-4-13-9-7-10(15-8-14-9)16(3)6-5-11(17)12-2/h7-8H,4-6H2,1-3H3,(H,12,17)(H,13,14,15). The summed E-state index contributed by atoms with van der Waals surface area (Å²) in [5.74, 6) is 1.63. The molecule has 0 spiro atoms. The van der Waals surface area contributed by atoms with Crippen LogP contribution < -0.4 is 15.5 Å². The molecule has 6 nitrogen and oxygen atoms in total. The summed E-state index contributed by atoms with van der Waals surface area (Å²) in [6.45, 7) is 3.46. The van der Waals surface area contributed by atoms with E-state index in [1.165, 1.54) is 6.33 Å². The van der Waals surface area contributed by atoms with Crippen molar-refractivity contribution in [2.45, 2.75) is 13.3 Å². The number of aromatic nitrogens is 2. The fourth-order valence-corrected chi connectivity index (χ4v) is 1.34. The fraction of sp³-hybridized carbons (Fsp3) is 0.545. The van der Waals surface area contributed by atoms with Crippen molar-refractivity contribution in [3.8, 4) is 0 Å². The van der Waals surface area contributed by atoms with E-state index in [0.29, 0.717) is 13.0 Å². The van der Waals surface area contributed by atoms with E-state index in [1.54, 1.807) is 7.05 Å². The first kappa shape index (κ1) is 13.2. The van der Waals surface area contributed by atoms with Crippen LogP contribution in [0.4, 0.5) is 11.6 Å². The molecule has 1 aromatic rings. The largest absolute Gasteiger partial charge is 0.370 e. The Hall–Kier alpha value is -1.85. The summed E-state index contributed by atoms with van der Waals surface area (Å²) in [7, 11) is 3.54. The van der Waals surface area contributed by atoms with Crippen molar-refractivity contribution in [3.05, 3.63) is 12.4 Å². The van der Waals surface area contributed by atoms with Crippen molar-refractivity contribution in [3.63, 3.8) is 0 Å². The minimum atomic E-state index is 0.0258. The first-order chi connectivity index (χ1) is 8.17. The molecule has 0 unspecified atom stereocenters. The lowest BCUT2D eigenvalue weighted by atomic mass is 10.3. The van der Waals surface area contributed by atoms with Crippen LogP contribution in [0.25, 0.3) is 0 Å². The van der Waals surface area contributed by atoms with Crippen LogP contribution in [0.15, 0.2) is 12.4 Å². The second-order valence-electron chi connectivity index (χ2n) is 3.64. The zero-order valence-electron chi connectivity index (χ0n) is 10.5. The molecule has 0 radical (unpaired) electrons. The van der Waals surface area contributed by atoms with Gasteiger partial charge in [-0.05, 0) is 6.92 Å². The quantitative estimate of drug-likeness (QED) is 0.753. The van der Waals surface area contributed by atoms with Gasteiger partial charge in [-0.25, -0.2) is 9.97 Å². The van der Waals surface area contributed by atoms with Gasteiger partial charge < -0.3 is 15.5 Å². The van der Waals surface area contributed by atoms with Gasteiger partial charge in [0.05, 0.1) is 0 Å². The molecule has 0 atom stereocenters. The van der Waals surface area contributed by atoms with E-state index < -0.39 is 0 Å². The summed E-state index contributed by atoms with van der Waals surface area (Å²) >= 11 is 0. The van der Waals surface area contributed by atoms with E-state index >= 15 is 0 Å². The number of nitrogens with one attached hydrogen (secondary N) is 2. The number of nitrogens with zero attached hydrogens (tertiary/aromatic N) is 3. The maximum absolute atomic E-state index is 11.1. The Balaban J connectivity index is 2.58. The van der Waals surface area contributed by atoms with Crippen LogP contribution in [-0.4, -0.2) is 43.1 Å². The Morgan fingerprint density at radius 3 is 2.88 bits per heavy atom. The average Bonchev–Trinajstić information content (AvgIpc) is 2.36. The molecular formula is C11H19N5O. The summed E-state index contributed by atoms with van der Waals surface area (Å²) < 4.78 is 0. The lowest BCUT2D eigenvalue weighted by molar-refractivity contribution is -0.120. The van der Waals surface area contributed by atoms with Crippen LogP contribution in [0, 0.1) is 0 Å². The smallest absolute Gasteiger partial charge is 0.221 e. The zero-order valence-corrected chi connectivity index (χ0v) is 10.5. The summed E-state index contributed by atoms with van der Waals surface area (Å²) in [6.07, 6.45) is 1.97. The van der Waals surface area contributed by atoms with Crippen LogP contribution in [-0.2, 0) is 4.79 Å². The van der Waals surface area contributed by atoms with Crippen LogP contribution in [0.1, 0.15) is 13.3 Å². The van der Waals surface area contributed by atoms with Gasteiger partial charge in [0.2, 0.25) is 5.91 Å². The minimum absolute atomic E-state index is 0.0258. The van der Waals surface area contributed by atoms with Crippen molar-refractivity contribution in [1.29, 1.82) is 0 Å².